The molecule has 0 spiro atoms. The van der Waals surface area contributed by atoms with Gasteiger partial charge in [0.1, 0.15) is 5.82 Å². The Kier molecular flexibility index (Phi) is 9.36. The summed E-state index contributed by atoms with van der Waals surface area (Å²) in [5, 5.41) is 8.95. The highest BCUT2D eigenvalue weighted by Crippen LogP contribution is 2.29. The molecule has 8 nitrogen and oxygen atoms in total. The average molecular weight is 572 g/mol. The summed E-state index contributed by atoms with van der Waals surface area (Å²) in [6.07, 6.45) is 4.62. The van der Waals surface area contributed by atoms with E-state index >= 15 is 0 Å². The first-order valence-corrected chi connectivity index (χ1v) is 14.7. The highest BCUT2D eigenvalue weighted by Gasteiger charge is 2.25. The van der Waals surface area contributed by atoms with E-state index in [1.165, 1.54) is 12.1 Å². The zero-order chi connectivity index (χ0) is 29.5. The standard InChI is InChI=1S/C33H38FN5O3/c1-23-6-4-9-27(20-23)37-33(42)39-17-5-16-38(18-19-39)30-15-14-28(36-31(40)25-7-2-3-8-25)21-29(30)32(41)35-22-24-10-12-26(34)13-11-24/h4,6,9-15,20-21,25H,2-3,5,7-8,16-19,22H2,1H3,(H,35,41)(H,36,40)(H,37,42). The van der Waals surface area contributed by atoms with Gasteiger partial charge in [-0.3, -0.25) is 9.59 Å². The predicted molar refractivity (Wildman–Crippen MR) is 163 cm³/mol. The van der Waals surface area contributed by atoms with E-state index in [0.717, 1.165) is 54.6 Å². The van der Waals surface area contributed by atoms with E-state index < -0.39 is 0 Å². The second kappa shape index (κ2) is 13.5. The van der Waals surface area contributed by atoms with E-state index in [1.54, 1.807) is 23.1 Å². The first-order valence-electron chi connectivity index (χ1n) is 14.7. The van der Waals surface area contributed by atoms with Crippen molar-refractivity contribution in [3.8, 4) is 0 Å². The van der Waals surface area contributed by atoms with Gasteiger partial charge in [-0.2, -0.15) is 0 Å². The van der Waals surface area contributed by atoms with Crippen LogP contribution < -0.4 is 20.9 Å². The Labute approximate surface area is 246 Å². The largest absolute Gasteiger partial charge is 0.369 e. The van der Waals surface area contributed by atoms with E-state index in [9.17, 15) is 18.8 Å². The third-order valence-corrected chi connectivity index (χ3v) is 7.99. The summed E-state index contributed by atoms with van der Waals surface area (Å²) in [7, 11) is 0. The molecule has 3 N–H and O–H groups in total. The molecule has 0 atom stereocenters. The zero-order valence-corrected chi connectivity index (χ0v) is 24.0. The molecule has 0 radical (unpaired) electrons. The molecule has 0 aromatic heterocycles. The van der Waals surface area contributed by atoms with Crippen molar-refractivity contribution in [3.05, 3.63) is 89.2 Å². The first kappa shape index (κ1) is 29.1. The topological polar surface area (TPSA) is 93.8 Å². The van der Waals surface area contributed by atoms with Gasteiger partial charge < -0.3 is 25.8 Å². The van der Waals surface area contributed by atoms with Crippen molar-refractivity contribution >= 4 is 34.9 Å². The smallest absolute Gasteiger partial charge is 0.321 e. The third-order valence-electron chi connectivity index (χ3n) is 7.99. The van der Waals surface area contributed by atoms with Crippen molar-refractivity contribution in [1.29, 1.82) is 0 Å². The van der Waals surface area contributed by atoms with Crippen molar-refractivity contribution in [2.45, 2.75) is 45.6 Å². The highest BCUT2D eigenvalue weighted by molar-refractivity contribution is 6.02. The van der Waals surface area contributed by atoms with Gasteiger partial charge in [-0.05, 0) is 79.8 Å². The number of halogens is 1. The Hall–Kier alpha value is -4.40. The van der Waals surface area contributed by atoms with Crippen LogP contribution in [0.4, 0.5) is 26.2 Å². The number of carbonyl (C=O) groups excluding carboxylic acids is 3. The minimum absolute atomic E-state index is 0.00275. The number of nitrogens with zero attached hydrogens (tertiary/aromatic N) is 2. The number of rotatable bonds is 7. The van der Waals surface area contributed by atoms with Gasteiger partial charge in [-0.15, -0.1) is 0 Å². The lowest BCUT2D eigenvalue weighted by Gasteiger charge is -2.26. The van der Waals surface area contributed by atoms with E-state index in [-0.39, 0.29) is 36.1 Å². The Morgan fingerprint density at radius 1 is 0.833 bits per heavy atom. The van der Waals surface area contributed by atoms with Crippen LogP contribution in [0.25, 0.3) is 0 Å². The van der Waals surface area contributed by atoms with Gasteiger partial charge in [0.25, 0.3) is 5.91 Å². The van der Waals surface area contributed by atoms with Crippen molar-refractivity contribution in [2.75, 3.05) is 41.7 Å². The van der Waals surface area contributed by atoms with Gasteiger partial charge >= 0.3 is 6.03 Å². The second-order valence-electron chi connectivity index (χ2n) is 11.1. The molecule has 4 amide bonds. The van der Waals surface area contributed by atoms with Crippen LogP contribution in [0.3, 0.4) is 0 Å². The summed E-state index contributed by atoms with van der Waals surface area (Å²) < 4.78 is 13.3. The van der Waals surface area contributed by atoms with Crippen LogP contribution in [0.1, 0.15) is 53.6 Å². The lowest BCUT2D eigenvalue weighted by Crippen LogP contribution is -2.38. The normalized spacial score (nSPS) is 15.7. The summed E-state index contributed by atoms with van der Waals surface area (Å²) >= 11 is 0. The molecule has 1 saturated heterocycles. The lowest BCUT2D eigenvalue weighted by atomic mass is 10.1. The molecular weight excluding hydrogens is 533 g/mol. The van der Waals surface area contributed by atoms with E-state index in [2.05, 4.69) is 20.9 Å². The molecule has 3 aromatic carbocycles. The van der Waals surface area contributed by atoms with Gasteiger partial charge in [0, 0.05) is 55.7 Å². The number of amides is 4. The Balaban J connectivity index is 1.31. The van der Waals surface area contributed by atoms with Crippen molar-refractivity contribution in [3.63, 3.8) is 0 Å². The van der Waals surface area contributed by atoms with Crippen LogP contribution in [0, 0.1) is 18.7 Å². The molecule has 42 heavy (non-hydrogen) atoms. The van der Waals surface area contributed by atoms with Crippen molar-refractivity contribution in [1.82, 2.24) is 10.2 Å². The maximum absolute atomic E-state index is 13.5. The SMILES string of the molecule is Cc1cccc(NC(=O)N2CCCN(c3ccc(NC(=O)C4CCCC4)cc3C(=O)NCc3ccc(F)cc3)CC2)c1. The van der Waals surface area contributed by atoms with E-state index in [4.69, 9.17) is 0 Å². The van der Waals surface area contributed by atoms with Gasteiger partial charge in [0.05, 0.1) is 5.56 Å². The number of nitrogens with one attached hydrogen (secondary N) is 3. The van der Waals surface area contributed by atoms with E-state index in [1.807, 2.05) is 43.3 Å². The highest BCUT2D eigenvalue weighted by atomic mass is 19.1. The number of anilines is 3. The summed E-state index contributed by atoms with van der Waals surface area (Å²) in [6.45, 7) is 4.53. The molecule has 1 aliphatic heterocycles. The number of hydrogen-bond donors (Lipinski definition) is 3. The first-order chi connectivity index (χ1) is 20.4. The number of hydrogen-bond acceptors (Lipinski definition) is 4. The molecule has 1 saturated carbocycles. The zero-order valence-electron chi connectivity index (χ0n) is 24.0. The van der Waals surface area contributed by atoms with Crippen LogP contribution in [-0.4, -0.2) is 48.9 Å². The minimum atomic E-state index is -0.333. The fourth-order valence-corrected chi connectivity index (χ4v) is 5.67. The average Bonchev–Trinajstić information content (AvgIpc) is 3.42. The third kappa shape index (κ3) is 7.46. The molecule has 1 heterocycles. The molecule has 2 fully saturated rings. The van der Waals surface area contributed by atoms with Crippen molar-refractivity contribution < 1.29 is 18.8 Å². The molecular formula is C33H38FN5O3. The molecule has 9 heteroatoms. The lowest BCUT2D eigenvalue weighted by molar-refractivity contribution is -0.119. The van der Waals surface area contributed by atoms with E-state index in [0.29, 0.717) is 37.4 Å². The Bertz CT molecular complexity index is 1420. The molecule has 2 aliphatic rings. The summed E-state index contributed by atoms with van der Waals surface area (Å²) in [4.78, 5) is 43.3. The predicted octanol–water partition coefficient (Wildman–Crippen LogP) is 5.94. The number of carbonyl (C=O) groups is 3. The molecule has 0 unspecified atom stereocenters. The fourth-order valence-electron chi connectivity index (χ4n) is 5.67. The van der Waals surface area contributed by atoms with Gasteiger partial charge in [0.2, 0.25) is 5.91 Å². The quantitative estimate of drug-likeness (QED) is 0.327. The number of aryl methyl sites for hydroxylation is 1. The number of urea groups is 1. The minimum Gasteiger partial charge on any atom is -0.369 e. The van der Waals surface area contributed by atoms with Gasteiger partial charge in [-0.25, -0.2) is 9.18 Å². The summed E-state index contributed by atoms with van der Waals surface area (Å²) in [6, 6.07) is 19.0. The van der Waals surface area contributed by atoms with Crippen LogP contribution in [-0.2, 0) is 11.3 Å². The Morgan fingerprint density at radius 2 is 1.60 bits per heavy atom. The van der Waals surface area contributed by atoms with Gasteiger partial charge in [-0.1, -0.05) is 37.1 Å². The van der Waals surface area contributed by atoms with Crippen LogP contribution in [0.2, 0.25) is 0 Å². The maximum Gasteiger partial charge on any atom is 0.321 e. The monoisotopic (exact) mass is 571 g/mol. The fraction of sp³-hybridized carbons (Fsp3) is 0.364. The molecule has 1 aliphatic carbocycles. The molecule has 3 aromatic rings. The Morgan fingerprint density at radius 3 is 2.36 bits per heavy atom. The summed E-state index contributed by atoms with van der Waals surface area (Å²) in [5.74, 6) is -0.628. The van der Waals surface area contributed by atoms with Crippen LogP contribution in [0.15, 0.2) is 66.7 Å². The summed E-state index contributed by atoms with van der Waals surface area (Å²) in [5.41, 5.74) is 4.38. The van der Waals surface area contributed by atoms with Gasteiger partial charge in [0.15, 0.2) is 0 Å². The number of benzene rings is 3. The van der Waals surface area contributed by atoms with Crippen LogP contribution >= 0.6 is 0 Å². The second-order valence-corrected chi connectivity index (χ2v) is 11.1. The molecule has 0 bridgehead atoms. The maximum atomic E-state index is 13.5. The van der Waals surface area contributed by atoms with Crippen molar-refractivity contribution in [2.24, 2.45) is 5.92 Å². The van der Waals surface area contributed by atoms with Crippen LogP contribution in [0.5, 0.6) is 0 Å². The molecule has 5 rings (SSSR count). The molecule has 220 valence electrons.